The molecule has 0 N–H and O–H groups in total. The molecule has 1 aromatic rings. The van der Waals surface area contributed by atoms with Gasteiger partial charge >= 0.3 is 0 Å². The van der Waals surface area contributed by atoms with Crippen LogP contribution < -0.4 is 0 Å². The number of rotatable bonds is 5. The molecular weight excluding hydrogens is 236 g/mol. The average Bonchev–Trinajstić information content (AvgIpc) is 2.66. The van der Waals surface area contributed by atoms with Crippen molar-refractivity contribution in [3.05, 3.63) is 35.9 Å². The highest BCUT2D eigenvalue weighted by molar-refractivity contribution is 5.15. The minimum atomic E-state index is -0.368. The van der Waals surface area contributed by atoms with Crippen LogP contribution in [0, 0.1) is 5.92 Å². The third-order valence-corrected chi connectivity index (χ3v) is 4.09. The van der Waals surface area contributed by atoms with Crippen molar-refractivity contribution in [2.75, 3.05) is 0 Å². The predicted octanol–water partition coefficient (Wildman–Crippen LogP) is 4.19. The molecule has 2 heteroatoms. The van der Waals surface area contributed by atoms with E-state index >= 15 is 0 Å². The number of hydrogen-bond donors (Lipinski definition) is 0. The Labute approximate surface area is 117 Å². The van der Waals surface area contributed by atoms with Gasteiger partial charge in [-0.25, -0.2) is 0 Å². The first-order valence-electron chi connectivity index (χ1n) is 7.44. The molecule has 0 saturated carbocycles. The molecule has 0 aromatic heterocycles. The van der Waals surface area contributed by atoms with Crippen molar-refractivity contribution in [1.29, 1.82) is 0 Å². The van der Waals surface area contributed by atoms with E-state index in [1.807, 2.05) is 0 Å². The Morgan fingerprint density at radius 2 is 1.68 bits per heavy atom. The Balaban J connectivity index is 1.95. The van der Waals surface area contributed by atoms with Crippen molar-refractivity contribution in [2.45, 2.75) is 65.0 Å². The van der Waals surface area contributed by atoms with E-state index in [9.17, 15) is 0 Å². The van der Waals surface area contributed by atoms with Gasteiger partial charge in [-0.3, -0.25) is 0 Å². The maximum absolute atomic E-state index is 6.10. The average molecular weight is 262 g/mol. The fraction of sp³-hybridized carbons (Fsp3) is 0.647. The lowest BCUT2D eigenvalue weighted by Crippen LogP contribution is -2.33. The van der Waals surface area contributed by atoms with Gasteiger partial charge in [0.25, 0.3) is 0 Å². The Bertz CT molecular complexity index is 378. The topological polar surface area (TPSA) is 18.5 Å². The summed E-state index contributed by atoms with van der Waals surface area (Å²) in [5.74, 6) is 0.187. The van der Waals surface area contributed by atoms with Crippen molar-refractivity contribution < 1.29 is 9.47 Å². The zero-order chi connectivity index (χ0) is 13.9. The number of benzene rings is 1. The maximum atomic E-state index is 6.10. The minimum absolute atomic E-state index is 0.198. The molecule has 19 heavy (non-hydrogen) atoms. The largest absolute Gasteiger partial charge is 0.344 e. The van der Waals surface area contributed by atoms with Gasteiger partial charge in [0.05, 0.1) is 12.2 Å². The van der Waals surface area contributed by atoms with Gasteiger partial charge < -0.3 is 9.47 Å². The molecule has 0 bridgehead atoms. The third kappa shape index (κ3) is 3.58. The zero-order valence-electron chi connectivity index (χ0n) is 12.6. The molecule has 1 fully saturated rings. The van der Waals surface area contributed by atoms with E-state index in [0.29, 0.717) is 5.92 Å². The Kier molecular flexibility index (Phi) is 4.64. The van der Waals surface area contributed by atoms with E-state index in [1.54, 1.807) is 0 Å². The number of hydrogen-bond acceptors (Lipinski definition) is 2. The summed E-state index contributed by atoms with van der Waals surface area (Å²) in [5, 5.41) is 0. The second-order valence-corrected chi connectivity index (χ2v) is 5.91. The minimum Gasteiger partial charge on any atom is -0.344 e. The summed E-state index contributed by atoms with van der Waals surface area (Å²) in [6.07, 6.45) is 3.36. The van der Waals surface area contributed by atoms with Crippen LogP contribution >= 0.6 is 0 Å². The summed E-state index contributed by atoms with van der Waals surface area (Å²) in [6, 6.07) is 10.6. The first-order chi connectivity index (χ1) is 9.04. The molecular formula is C17H26O2. The molecule has 2 nitrogen and oxygen atoms in total. The molecule has 0 radical (unpaired) electrons. The second-order valence-electron chi connectivity index (χ2n) is 5.91. The molecule has 1 heterocycles. The molecule has 2 rings (SSSR count). The highest BCUT2D eigenvalue weighted by Crippen LogP contribution is 2.37. The van der Waals surface area contributed by atoms with Crippen LogP contribution in [0.1, 0.15) is 46.1 Å². The summed E-state index contributed by atoms with van der Waals surface area (Å²) in [7, 11) is 0. The van der Waals surface area contributed by atoms with Crippen LogP contribution in [0.15, 0.2) is 30.3 Å². The van der Waals surface area contributed by atoms with Crippen LogP contribution in [-0.2, 0) is 15.9 Å². The Hall–Kier alpha value is -0.860. The molecule has 0 spiro atoms. The Morgan fingerprint density at radius 3 is 2.21 bits per heavy atom. The van der Waals surface area contributed by atoms with E-state index in [1.165, 1.54) is 5.56 Å². The predicted molar refractivity (Wildman–Crippen MR) is 78.0 cm³/mol. The highest BCUT2D eigenvalue weighted by atomic mass is 16.8. The van der Waals surface area contributed by atoms with E-state index in [2.05, 4.69) is 58.0 Å². The van der Waals surface area contributed by atoms with Gasteiger partial charge in [0.15, 0.2) is 5.79 Å². The fourth-order valence-electron chi connectivity index (χ4n) is 2.92. The van der Waals surface area contributed by atoms with Crippen molar-refractivity contribution >= 4 is 0 Å². The molecule has 0 aliphatic carbocycles. The molecule has 1 aromatic carbocycles. The summed E-state index contributed by atoms with van der Waals surface area (Å²) in [6.45, 7) is 8.64. The van der Waals surface area contributed by atoms with Crippen LogP contribution in [-0.4, -0.2) is 18.0 Å². The molecule has 1 aliphatic rings. The molecule has 0 unspecified atom stereocenters. The van der Waals surface area contributed by atoms with Crippen molar-refractivity contribution in [1.82, 2.24) is 0 Å². The molecule has 0 amide bonds. The van der Waals surface area contributed by atoms with Crippen LogP contribution in [0.4, 0.5) is 0 Å². The van der Waals surface area contributed by atoms with Crippen molar-refractivity contribution in [2.24, 2.45) is 5.92 Å². The van der Waals surface area contributed by atoms with Gasteiger partial charge in [-0.1, -0.05) is 44.2 Å². The van der Waals surface area contributed by atoms with Crippen LogP contribution in [0.5, 0.6) is 0 Å². The van der Waals surface area contributed by atoms with Gasteiger partial charge in [-0.2, -0.15) is 0 Å². The normalized spacial score (nSPS) is 27.4. The smallest absolute Gasteiger partial charge is 0.169 e. The summed E-state index contributed by atoms with van der Waals surface area (Å²) in [5.41, 5.74) is 1.39. The summed E-state index contributed by atoms with van der Waals surface area (Å²) >= 11 is 0. The van der Waals surface area contributed by atoms with E-state index in [-0.39, 0.29) is 18.0 Å². The van der Waals surface area contributed by atoms with E-state index in [4.69, 9.17) is 9.47 Å². The standard InChI is InChI=1S/C17H26O2/c1-5-17(18-14(3)15(4)19-17)12-13(2)11-16-9-7-6-8-10-16/h6-10,13-15H,5,11-12H2,1-4H3/t13-,14-,15-/m1/s1. The van der Waals surface area contributed by atoms with Crippen LogP contribution in [0.3, 0.4) is 0 Å². The summed E-state index contributed by atoms with van der Waals surface area (Å²) < 4.78 is 12.2. The van der Waals surface area contributed by atoms with Gasteiger partial charge in [0.1, 0.15) is 0 Å². The molecule has 1 aliphatic heterocycles. The first-order valence-corrected chi connectivity index (χ1v) is 7.44. The first kappa shape index (κ1) is 14.5. The Morgan fingerprint density at radius 1 is 1.11 bits per heavy atom. The second kappa shape index (κ2) is 6.06. The quantitative estimate of drug-likeness (QED) is 0.792. The van der Waals surface area contributed by atoms with E-state index < -0.39 is 0 Å². The lowest BCUT2D eigenvalue weighted by Gasteiger charge is -2.29. The summed E-state index contributed by atoms with van der Waals surface area (Å²) in [4.78, 5) is 0. The lowest BCUT2D eigenvalue weighted by molar-refractivity contribution is -0.186. The van der Waals surface area contributed by atoms with Crippen LogP contribution in [0.2, 0.25) is 0 Å². The van der Waals surface area contributed by atoms with Gasteiger partial charge in [0, 0.05) is 6.42 Å². The van der Waals surface area contributed by atoms with E-state index in [0.717, 1.165) is 19.3 Å². The third-order valence-electron chi connectivity index (χ3n) is 4.09. The lowest BCUT2D eigenvalue weighted by atomic mass is 9.92. The fourth-order valence-corrected chi connectivity index (χ4v) is 2.92. The zero-order valence-corrected chi connectivity index (χ0v) is 12.6. The highest BCUT2D eigenvalue weighted by Gasteiger charge is 2.43. The number of ether oxygens (including phenoxy) is 2. The SMILES string of the molecule is CCC1(C[C@H](C)Cc2ccccc2)O[C@H](C)[C@@H](C)O1. The van der Waals surface area contributed by atoms with Crippen molar-refractivity contribution in [3.63, 3.8) is 0 Å². The van der Waals surface area contributed by atoms with Crippen LogP contribution in [0.25, 0.3) is 0 Å². The van der Waals surface area contributed by atoms with Gasteiger partial charge in [0.2, 0.25) is 0 Å². The van der Waals surface area contributed by atoms with Crippen molar-refractivity contribution in [3.8, 4) is 0 Å². The molecule has 1 saturated heterocycles. The molecule has 3 atom stereocenters. The maximum Gasteiger partial charge on any atom is 0.169 e. The van der Waals surface area contributed by atoms with Gasteiger partial charge in [-0.15, -0.1) is 0 Å². The monoisotopic (exact) mass is 262 g/mol. The van der Waals surface area contributed by atoms with Gasteiger partial charge in [-0.05, 0) is 38.2 Å². The molecule has 106 valence electrons.